The van der Waals surface area contributed by atoms with E-state index in [-0.39, 0.29) is 17.2 Å². The minimum Gasteiger partial charge on any atom is -0.507 e. The van der Waals surface area contributed by atoms with Gasteiger partial charge in [0, 0.05) is 11.6 Å². The van der Waals surface area contributed by atoms with Crippen LogP contribution in [-0.2, 0) is 6.42 Å². The first-order chi connectivity index (χ1) is 7.15. The summed E-state index contributed by atoms with van der Waals surface area (Å²) in [4.78, 5) is 0. The van der Waals surface area contributed by atoms with Crippen LogP contribution in [0.3, 0.4) is 0 Å². The van der Waals surface area contributed by atoms with Crippen molar-refractivity contribution in [3.63, 3.8) is 0 Å². The van der Waals surface area contributed by atoms with Gasteiger partial charge in [-0.2, -0.15) is 0 Å². The predicted molar refractivity (Wildman–Crippen MR) is 56.8 cm³/mol. The number of hydrogen-bond acceptors (Lipinski definition) is 4. The van der Waals surface area contributed by atoms with Gasteiger partial charge in [0.05, 0.1) is 14.2 Å². The van der Waals surface area contributed by atoms with Crippen LogP contribution in [0.1, 0.15) is 5.56 Å². The van der Waals surface area contributed by atoms with Crippen LogP contribution in [0.15, 0.2) is 18.7 Å². The summed E-state index contributed by atoms with van der Waals surface area (Å²) in [5, 5.41) is 19.1. The maximum Gasteiger partial charge on any atom is 0.203 e. The zero-order chi connectivity index (χ0) is 11.4. The molecule has 0 aliphatic carbocycles. The Morgan fingerprint density at radius 1 is 1.20 bits per heavy atom. The van der Waals surface area contributed by atoms with Crippen LogP contribution in [0.2, 0.25) is 0 Å². The summed E-state index contributed by atoms with van der Waals surface area (Å²) in [5.74, 6) is 0.353. The highest BCUT2D eigenvalue weighted by atomic mass is 16.5. The maximum atomic E-state index is 9.61. The largest absolute Gasteiger partial charge is 0.507 e. The Balaban J connectivity index is 3.41. The van der Waals surface area contributed by atoms with Gasteiger partial charge in [-0.25, -0.2) is 0 Å². The molecule has 0 bridgehead atoms. The normalized spacial score (nSPS) is 9.73. The molecule has 0 saturated carbocycles. The van der Waals surface area contributed by atoms with E-state index in [2.05, 4.69) is 6.58 Å². The molecule has 0 aliphatic rings. The molecule has 0 aliphatic heterocycles. The van der Waals surface area contributed by atoms with Crippen molar-refractivity contribution in [1.82, 2.24) is 0 Å². The van der Waals surface area contributed by atoms with Crippen LogP contribution in [0.25, 0.3) is 0 Å². The van der Waals surface area contributed by atoms with Crippen molar-refractivity contribution in [2.75, 3.05) is 14.2 Å². The van der Waals surface area contributed by atoms with Gasteiger partial charge in [0.25, 0.3) is 0 Å². The molecule has 1 rings (SSSR count). The average molecular weight is 210 g/mol. The standard InChI is InChI=1S/C11H14O4/c1-4-5-7-8(12)6-9(13)11(15-3)10(7)14-2/h4,6,12-13H,1,5H2,2-3H3. The van der Waals surface area contributed by atoms with Crippen molar-refractivity contribution in [1.29, 1.82) is 0 Å². The van der Waals surface area contributed by atoms with E-state index in [1.807, 2.05) is 0 Å². The topological polar surface area (TPSA) is 58.9 Å². The Morgan fingerprint density at radius 3 is 2.27 bits per heavy atom. The van der Waals surface area contributed by atoms with Crippen molar-refractivity contribution in [2.45, 2.75) is 6.42 Å². The fourth-order valence-electron chi connectivity index (χ4n) is 1.41. The van der Waals surface area contributed by atoms with Gasteiger partial charge in [0.15, 0.2) is 11.5 Å². The quantitative estimate of drug-likeness (QED) is 0.744. The lowest BCUT2D eigenvalue weighted by Gasteiger charge is -2.14. The minimum absolute atomic E-state index is 0.0370. The van der Waals surface area contributed by atoms with Crippen LogP contribution < -0.4 is 9.47 Å². The van der Waals surface area contributed by atoms with Crippen molar-refractivity contribution in [2.24, 2.45) is 0 Å². The van der Waals surface area contributed by atoms with Gasteiger partial charge >= 0.3 is 0 Å². The van der Waals surface area contributed by atoms with Crippen LogP contribution in [-0.4, -0.2) is 24.4 Å². The van der Waals surface area contributed by atoms with Gasteiger partial charge < -0.3 is 19.7 Å². The Labute approximate surface area is 88.4 Å². The van der Waals surface area contributed by atoms with Crippen molar-refractivity contribution >= 4 is 0 Å². The van der Waals surface area contributed by atoms with Crippen LogP contribution >= 0.6 is 0 Å². The molecular weight excluding hydrogens is 196 g/mol. The lowest BCUT2D eigenvalue weighted by Crippen LogP contribution is -1.96. The minimum atomic E-state index is -0.153. The highest BCUT2D eigenvalue weighted by Crippen LogP contribution is 2.44. The second-order valence-corrected chi connectivity index (χ2v) is 2.95. The first kappa shape index (κ1) is 11.2. The van der Waals surface area contributed by atoms with Crippen molar-refractivity contribution < 1.29 is 19.7 Å². The number of phenolic OH excluding ortho intramolecular Hbond substituents is 2. The number of aromatic hydroxyl groups is 2. The lowest BCUT2D eigenvalue weighted by atomic mass is 10.1. The van der Waals surface area contributed by atoms with Gasteiger partial charge in [-0.1, -0.05) is 6.08 Å². The summed E-state index contributed by atoms with van der Waals surface area (Å²) in [6.07, 6.45) is 2.07. The van der Waals surface area contributed by atoms with Gasteiger partial charge in [0.2, 0.25) is 5.75 Å². The zero-order valence-corrected chi connectivity index (χ0v) is 8.78. The molecule has 0 radical (unpaired) electrons. The van der Waals surface area contributed by atoms with Crippen molar-refractivity contribution in [3.05, 3.63) is 24.3 Å². The summed E-state index contributed by atoms with van der Waals surface area (Å²) in [6.45, 7) is 3.58. The molecule has 0 saturated heterocycles. The smallest absolute Gasteiger partial charge is 0.203 e. The van der Waals surface area contributed by atoms with E-state index in [0.29, 0.717) is 17.7 Å². The second kappa shape index (κ2) is 4.59. The van der Waals surface area contributed by atoms with Crippen LogP contribution in [0.4, 0.5) is 0 Å². The third-order valence-electron chi connectivity index (χ3n) is 2.05. The number of allylic oxidation sites excluding steroid dienone is 1. The van der Waals surface area contributed by atoms with E-state index < -0.39 is 0 Å². The molecule has 0 spiro atoms. The van der Waals surface area contributed by atoms with Gasteiger partial charge in [-0.3, -0.25) is 0 Å². The third-order valence-corrected chi connectivity index (χ3v) is 2.05. The Bertz CT molecular complexity index is 371. The van der Waals surface area contributed by atoms with Gasteiger partial charge in [-0.15, -0.1) is 6.58 Å². The molecule has 82 valence electrons. The Kier molecular flexibility index (Phi) is 3.44. The fourth-order valence-corrected chi connectivity index (χ4v) is 1.41. The predicted octanol–water partition coefficient (Wildman–Crippen LogP) is 1.84. The molecule has 15 heavy (non-hydrogen) atoms. The highest BCUT2D eigenvalue weighted by molar-refractivity contribution is 5.61. The molecule has 0 atom stereocenters. The molecular formula is C11H14O4. The molecule has 4 heteroatoms. The molecule has 4 nitrogen and oxygen atoms in total. The Morgan fingerprint density at radius 2 is 1.80 bits per heavy atom. The first-order valence-electron chi connectivity index (χ1n) is 4.42. The third kappa shape index (κ3) is 1.98. The summed E-state index contributed by atoms with van der Waals surface area (Å²) in [7, 11) is 2.87. The van der Waals surface area contributed by atoms with E-state index in [9.17, 15) is 10.2 Å². The molecule has 0 amide bonds. The number of rotatable bonds is 4. The molecule has 2 N–H and O–H groups in total. The number of methoxy groups -OCH3 is 2. The maximum absolute atomic E-state index is 9.61. The number of ether oxygens (including phenoxy) is 2. The number of hydrogen-bond donors (Lipinski definition) is 2. The van der Waals surface area contributed by atoms with Crippen LogP contribution in [0.5, 0.6) is 23.0 Å². The number of benzene rings is 1. The highest BCUT2D eigenvalue weighted by Gasteiger charge is 2.18. The average Bonchev–Trinajstić information content (AvgIpc) is 2.21. The molecule has 0 fully saturated rings. The molecule has 1 aromatic rings. The molecule has 1 aromatic carbocycles. The lowest BCUT2D eigenvalue weighted by molar-refractivity contribution is 0.326. The van der Waals surface area contributed by atoms with Gasteiger partial charge in [0.1, 0.15) is 5.75 Å². The van der Waals surface area contributed by atoms with E-state index in [0.717, 1.165) is 0 Å². The Hall–Kier alpha value is -1.84. The van der Waals surface area contributed by atoms with E-state index in [1.54, 1.807) is 6.08 Å². The van der Waals surface area contributed by atoms with E-state index in [1.165, 1.54) is 20.3 Å². The summed E-state index contributed by atoms with van der Waals surface area (Å²) < 4.78 is 10.1. The molecule has 0 aromatic heterocycles. The van der Waals surface area contributed by atoms with Gasteiger partial charge in [-0.05, 0) is 6.42 Å². The second-order valence-electron chi connectivity index (χ2n) is 2.95. The summed E-state index contributed by atoms with van der Waals surface area (Å²) >= 11 is 0. The fraction of sp³-hybridized carbons (Fsp3) is 0.273. The summed E-state index contributed by atoms with van der Waals surface area (Å²) in [6, 6.07) is 1.22. The summed E-state index contributed by atoms with van der Waals surface area (Å²) in [5.41, 5.74) is 0.544. The first-order valence-corrected chi connectivity index (χ1v) is 4.42. The molecule has 0 unspecified atom stereocenters. The zero-order valence-electron chi connectivity index (χ0n) is 8.78. The SMILES string of the molecule is C=CCc1c(O)cc(O)c(OC)c1OC. The van der Waals surface area contributed by atoms with Crippen LogP contribution in [0, 0.1) is 0 Å². The van der Waals surface area contributed by atoms with E-state index in [4.69, 9.17) is 9.47 Å². The van der Waals surface area contributed by atoms with E-state index >= 15 is 0 Å². The monoisotopic (exact) mass is 210 g/mol. The van der Waals surface area contributed by atoms with Crippen molar-refractivity contribution in [3.8, 4) is 23.0 Å². The molecule has 0 heterocycles. The number of phenols is 2.